The van der Waals surface area contributed by atoms with Crippen molar-refractivity contribution in [1.29, 1.82) is 0 Å². The Kier molecular flexibility index (Phi) is 5.37. The molecule has 6 heteroatoms. The molecule has 2 heterocycles. The third-order valence-electron chi connectivity index (χ3n) is 4.39. The third-order valence-corrected chi connectivity index (χ3v) is 4.39. The SMILES string of the molecule is CCN1CCN(CC(=O)c2c(C)[nH]c(C(=O)OC)c2C)CC1. The van der Waals surface area contributed by atoms with Crippen LogP contribution in [0.3, 0.4) is 0 Å². The number of carbonyl (C=O) groups is 2. The summed E-state index contributed by atoms with van der Waals surface area (Å²) in [5.41, 5.74) is 2.41. The molecule has 1 fully saturated rings. The summed E-state index contributed by atoms with van der Waals surface area (Å²) in [6.07, 6.45) is 0. The van der Waals surface area contributed by atoms with Crippen molar-refractivity contribution < 1.29 is 14.3 Å². The molecule has 0 amide bonds. The molecule has 0 aliphatic carbocycles. The standard InChI is InChI=1S/C16H25N3O3/c1-5-18-6-8-19(9-7-18)10-13(20)14-11(2)15(16(21)22-4)17-12(14)3/h17H,5-10H2,1-4H3. The van der Waals surface area contributed by atoms with E-state index in [1.807, 2.05) is 6.92 Å². The molecule has 1 saturated heterocycles. The zero-order valence-corrected chi connectivity index (χ0v) is 13.9. The van der Waals surface area contributed by atoms with Crippen LogP contribution >= 0.6 is 0 Å². The topological polar surface area (TPSA) is 65.6 Å². The first-order valence-electron chi connectivity index (χ1n) is 7.73. The van der Waals surface area contributed by atoms with Crippen molar-refractivity contribution in [3.8, 4) is 0 Å². The van der Waals surface area contributed by atoms with Crippen molar-refractivity contribution in [2.45, 2.75) is 20.8 Å². The molecule has 0 spiro atoms. The van der Waals surface area contributed by atoms with Crippen molar-refractivity contribution in [3.63, 3.8) is 0 Å². The van der Waals surface area contributed by atoms with Crippen LogP contribution in [0.2, 0.25) is 0 Å². The van der Waals surface area contributed by atoms with E-state index < -0.39 is 5.97 Å². The number of nitrogens with one attached hydrogen (secondary N) is 1. The Balaban J connectivity index is 2.07. The van der Waals surface area contributed by atoms with Crippen LogP contribution in [-0.2, 0) is 4.74 Å². The Bertz CT molecular complexity index is 557. The number of carbonyl (C=O) groups excluding carboxylic acids is 2. The van der Waals surface area contributed by atoms with Gasteiger partial charge in [0.05, 0.1) is 13.7 Å². The van der Waals surface area contributed by atoms with Crippen LogP contribution in [-0.4, -0.2) is 72.9 Å². The lowest BCUT2D eigenvalue weighted by molar-refractivity contribution is 0.0594. The fourth-order valence-electron chi connectivity index (χ4n) is 3.02. The van der Waals surface area contributed by atoms with Crippen molar-refractivity contribution in [1.82, 2.24) is 14.8 Å². The van der Waals surface area contributed by atoms with Crippen molar-refractivity contribution in [2.75, 3.05) is 46.4 Å². The molecule has 1 N–H and O–H groups in total. The molecule has 2 rings (SSSR count). The molecule has 0 aromatic carbocycles. The largest absolute Gasteiger partial charge is 0.464 e. The van der Waals surface area contributed by atoms with Gasteiger partial charge in [-0.15, -0.1) is 0 Å². The number of H-pyrrole nitrogens is 1. The lowest BCUT2D eigenvalue weighted by Crippen LogP contribution is -2.47. The van der Waals surface area contributed by atoms with Crippen molar-refractivity contribution >= 4 is 11.8 Å². The van der Waals surface area contributed by atoms with E-state index in [4.69, 9.17) is 4.74 Å². The van der Waals surface area contributed by atoms with Gasteiger partial charge >= 0.3 is 5.97 Å². The monoisotopic (exact) mass is 307 g/mol. The number of nitrogens with zero attached hydrogens (tertiary/aromatic N) is 2. The summed E-state index contributed by atoms with van der Waals surface area (Å²) < 4.78 is 4.74. The van der Waals surface area contributed by atoms with Gasteiger partial charge in [-0.2, -0.15) is 0 Å². The summed E-state index contributed by atoms with van der Waals surface area (Å²) in [6, 6.07) is 0. The lowest BCUT2D eigenvalue weighted by Gasteiger charge is -2.33. The van der Waals surface area contributed by atoms with E-state index in [2.05, 4.69) is 21.7 Å². The first kappa shape index (κ1) is 16.7. The van der Waals surface area contributed by atoms with Gasteiger partial charge < -0.3 is 14.6 Å². The number of esters is 1. The molecular weight excluding hydrogens is 282 g/mol. The summed E-state index contributed by atoms with van der Waals surface area (Å²) in [6.45, 7) is 11.0. The van der Waals surface area contributed by atoms with E-state index in [0.29, 0.717) is 23.4 Å². The highest BCUT2D eigenvalue weighted by Gasteiger charge is 2.25. The summed E-state index contributed by atoms with van der Waals surface area (Å²) in [5, 5.41) is 0. The highest BCUT2D eigenvalue weighted by Crippen LogP contribution is 2.20. The molecule has 0 saturated carbocycles. The fraction of sp³-hybridized carbons (Fsp3) is 0.625. The summed E-state index contributed by atoms with van der Waals surface area (Å²) in [5.74, 6) is -0.373. The highest BCUT2D eigenvalue weighted by molar-refractivity contribution is 6.03. The van der Waals surface area contributed by atoms with Crippen LogP contribution in [0, 0.1) is 13.8 Å². The molecule has 22 heavy (non-hydrogen) atoms. The molecule has 1 aromatic rings. The molecule has 0 atom stereocenters. The minimum absolute atomic E-state index is 0.0614. The normalized spacial score (nSPS) is 16.7. The molecule has 1 aromatic heterocycles. The molecule has 1 aliphatic heterocycles. The van der Waals surface area contributed by atoms with Crippen molar-refractivity contribution in [3.05, 3.63) is 22.5 Å². The molecule has 6 nitrogen and oxygen atoms in total. The van der Waals surface area contributed by atoms with E-state index in [0.717, 1.165) is 38.4 Å². The Hall–Kier alpha value is -1.66. The summed E-state index contributed by atoms with van der Waals surface area (Å²) >= 11 is 0. The maximum absolute atomic E-state index is 12.6. The average molecular weight is 307 g/mol. The van der Waals surface area contributed by atoms with Crippen LogP contribution in [0.15, 0.2) is 0 Å². The predicted octanol–water partition coefficient (Wildman–Crippen LogP) is 1.24. The van der Waals surface area contributed by atoms with Gasteiger partial charge in [-0.05, 0) is 26.0 Å². The van der Waals surface area contributed by atoms with Gasteiger partial charge in [0.25, 0.3) is 0 Å². The lowest BCUT2D eigenvalue weighted by atomic mass is 10.0. The molecule has 0 unspecified atom stereocenters. The number of methoxy groups -OCH3 is 1. The van der Waals surface area contributed by atoms with E-state index in [1.165, 1.54) is 7.11 Å². The molecule has 122 valence electrons. The van der Waals surface area contributed by atoms with Crippen LogP contribution in [0.1, 0.15) is 39.0 Å². The Labute approximate surface area is 131 Å². The number of hydrogen-bond donors (Lipinski definition) is 1. The van der Waals surface area contributed by atoms with Gasteiger partial charge in [-0.3, -0.25) is 9.69 Å². The van der Waals surface area contributed by atoms with Crippen LogP contribution in [0.4, 0.5) is 0 Å². The molecule has 0 bridgehead atoms. The number of aromatic amines is 1. The number of aryl methyl sites for hydroxylation is 1. The van der Waals surface area contributed by atoms with Gasteiger partial charge in [0.1, 0.15) is 5.69 Å². The molecular formula is C16H25N3O3. The highest BCUT2D eigenvalue weighted by atomic mass is 16.5. The number of Topliss-reactive ketones (excluding diaryl/α,β-unsaturated/α-hetero) is 1. The zero-order valence-electron chi connectivity index (χ0n) is 13.9. The number of likely N-dealkylation sites (N-methyl/N-ethyl adjacent to an activating group) is 1. The second kappa shape index (κ2) is 7.07. The minimum Gasteiger partial charge on any atom is -0.464 e. The average Bonchev–Trinajstić information content (AvgIpc) is 2.82. The second-order valence-electron chi connectivity index (χ2n) is 5.75. The van der Waals surface area contributed by atoms with Crippen LogP contribution < -0.4 is 0 Å². The Morgan fingerprint density at radius 3 is 2.27 bits per heavy atom. The summed E-state index contributed by atoms with van der Waals surface area (Å²) in [4.78, 5) is 31.8. The number of aromatic nitrogens is 1. The van der Waals surface area contributed by atoms with Gasteiger partial charge in [-0.1, -0.05) is 6.92 Å². The minimum atomic E-state index is -0.434. The van der Waals surface area contributed by atoms with Gasteiger partial charge in [0.2, 0.25) is 0 Å². The van der Waals surface area contributed by atoms with Crippen LogP contribution in [0.5, 0.6) is 0 Å². The number of ketones is 1. The third kappa shape index (κ3) is 3.39. The van der Waals surface area contributed by atoms with Crippen LogP contribution in [0.25, 0.3) is 0 Å². The van der Waals surface area contributed by atoms with E-state index >= 15 is 0 Å². The van der Waals surface area contributed by atoms with Gasteiger partial charge in [0, 0.05) is 37.4 Å². The number of rotatable bonds is 5. The maximum atomic E-state index is 12.6. The molecule has 1 aliphatic rings. The van der Waals surface area contributed by atoms with Gasteiger partial charge in [-0.25, -0.2) is 4.79 Å². The zero-order chi connectivity index (χ0) is 16.3. The first-order valence-corrected chi connectivity index (χ1v) is 7.73. The quantitative estimate of drug-likeness (QED) is 0.655. The number of hydrogen-bond acceptors (Lipinski definition) is 5. The predicted molar refractivity (Wildman–Crippen MR) is 84.5 cm³/mol. The number of piperazine rings is 1. The van der Waals surface area contributed by atoms with Gasteiger partial charge in [0.15, 0.2) is 5.78 Å². The van der Waals surface area contributed by atoms with E-state index in [9.17, 15) is 9.59 Å². The summed E-state index contributed by atoms with van der Waals surface area (Å²) in [7, 11) is 1.34. The smallest absolute Gasteiger partial charge is 0.354 e. The molecule has 0 radical (unpaired) electrons. The number of ether oxygens (including phenoxy) is 1. The Morgan fingerprint density at radius 2 is 1.73 bits per heavy atom. The fourth-order valence-corrected chi connectivity index (χ4v) is 3.02. The Morgan fingerprint density at radius 1 is 1.14 bits per heavy atom. The maximum Gasteiger partial charge on any atom is 0.354 e. The van der Waals surface area contributed by atoms with Crippen molar-refractivity contribution in [2.24, 2.45) is 0 Å². The first-order chi connectivity index (χ1) is 10.5. The second-order valence-corrected chi connectivity index (χ2v) is 5.75. The van der Waals surface area contributed by atoms with E-state index in [-0.39, 0.29) is 5.78 Å². The van der Waals surface area contributed by atoms with E-state index in [1.54, 1.807) is 6.92 Å².